The molecule has 2 atom stereocenters. The molecule has 0 bridgehead atoms. The number of Topliss-reactive ketones (excluding diaryl/α,β-unsaturated/α-hetero) is 1. The van der Waals surface area contributed by atoms with Gasteiger partial charge >= 0.3 is 6.09 Å². The van der Waals surface area contributed by atoms with E-state index in [4.69, 9.17) is 10.8 Å². The molecule has 1 heterocycles. The van der Waals surface area contributed by atoms with Gasteiger partial charge in [-0.1, -0.05) is 13.8 Å². The zero-order valence-corrected chi connectivity index (χ0v) is 8.43. The Morgan fingerprint density at radius 2 is 2.07 bits per heavy atom. The molecule has 0 aromatic rings. The van der Waals surface area contributed by atoms with E-state index < -0.39 is 18.2 Å². The van der Waals surface area contributed by atoms with Crippen molar-refractivity contribution in [2.75, 3.05) is 6.54 Å². The summed E-state index contributed by atoms with van der Waals surface area (Å²) >= 11 is 0. The van der Waals surface area contributed by atoms with Crippen LogP contribution in [0.2, 0.25) is 0 Å². The van der Waals surface area contributed by atoms with E-state index in [0.717, 1.165) is 4.90 Å². The molecule has 5 heteroatoms. The van der Waals surface area contributed by atoms with Gasteiger partial charge in [-0.15, -0.1) is 0 Å². The molecule has 14 heavy (non-hydrogen) atoms. The van der Waals surface area contributed by atoms with Crippen LogP contribution in [0.1, 0.15) is 20.3 Å². The summed E-state index contributed by atoms with van der Waals surface area (Å²) in [6, 6.07) is -1.06. The number of hydrogen-bond acceptors (Lipinski definition) is 3. The summed E-state index contributed by atoms with van der Waals surface area (Å²) in [6.45, 7) is 4.15. The molecule has 0 radical (unpaired) electrons. The van der Waals surface area contributed by atoms with Gasteiger partial charge in [0.05, 0.1) is 12.1 Å². The Hall–Kier alpha value is -1.10. The number of nitrogens with zero attached hydrogens (tertiary/aromatic N) is 1. The highest BCUT2D eigenvalue weighted by molar-refractivity contribution is 5.92. The Morgan fingerprint density at radius 1 is 1.50 bits per heavy atom. The van der Waals surface area contributed by atoms with Crippen molar-refractivity contribution >= 4 is 11.9 Å². The van der Waals surface area contributed by atoms with Crippen LogP contribution in [0.15, 0.2) is 0 Å². The molecule has 2 unspecified atom stereocenters. The maximum Gasteiger partial charge on any atom is 0.407 e. The van der Waals surface area contributed by atoms with E-state index in [-0.39, 0.29) is 11.7 Å². The maximum atomic E-state index is 11.7. The molecule has 5 nitrogen and oxygen atoms in total. The molecule has 1 saturated heterocycles. The van der Waals surface area contributed by atoms with Crippen molar-refractivity contribution in [1.29, 1.82) is 0 Å². The highest BCUT2D eigenvalue weighted by Crippen LogP contribution is 2.20. The van der Waals surface area contributed by atoms with E-state index in [2.05, 4.69) is 0 Å². The highest BCUT2D eigenvalue weighted by atomic mass is 16.4. The second-order valence-corrected chi connectivity index (χ2v) is 3.95. The molecular formula is C9H16N2O3. The molecular weight excluding hydrogens is 184 g/mol. The Kier molecular flexibility index (Phi) is 3.10. The number of rotatable bonds is 3. The predicted octanol–water partition coefficient (Wildman–Crippen LogP) is 0.291. The van der Waals surface area contributed by atoms with Crippen LogP contribution < -0.4 is 5.73 Å². The number of nitrogens with two attached hydrogens (primary N) is 1. The number of likely N-dealkylation sites (tertiary alicyclic amines) is 1. The minimum atomic E-state index is -1.04. The molecule has 1 rings (SSSR count). The maximum absolute atomic E-state index is 11.7. The lowest BCUT2D eigenvalue weighted by Crippen LogP contribution is -2.59. The smallest absolute Gasteiger partial charge is 0.407 e. The number of hydrogen-bond donors (Lipinski definition) is 2. The van der Waals surface area contributed by atoms with Gasteiger partial charge in [0.15, 0.2) is 5.78 Å². The van der Waals surface area contributed by atoms with Crippen LogP contribution in [0, 0.1) is 5.92 Å². The van der Waals surface area contributed by atoms with Gasteiger partial charge in [-0.2, -0.15) is 0 Å². The van der Waals surface area contributed by atoms with Crippen molar-refractivity contribution in [2.45, 2.75) is 32.4 Å². The molecule has 1 amide bonds. The summed E-state index contributed by atoms with van der Waals surface area (Å²) in [5, 5.41) is 8.71. The van der Waals surface area contributed by atoms with Crippen LogP contribution in [0.5, 0.6) is 0 Å². The average molecular weight is 200 g/mol. The van der Waals surface area contributed by atoms with Crippen molar-refractivity contribution in [1.82, 2.24) is 4.90 Å². The van der Waals surface area contributed by atoms with Gasteiger partial charge in [-0.3, -0.25) is 9.69 Å². The molecule has 0 aliphatic carbocycles. The molecule has 3 N–H and O–H groups in total. The van der Waals surface area contributed by atoms with E-state index in [1.54, 1.807) is 0 Å². The predicted molar refractivity (Wildman–Crippen MR) is 51.0 cm³/mol. The van der Waals surface area contributed by atoms with Crippen LogP contribution in [0.4, 0.5) is 4.79 Å². The van der Waals surface area contributed by atoms with Crippen molar-refractivity contribution in [3.05, 3.63) is 0 Å². The summed E-state index contributed by atoms with van der Waals surface area (Å²) in [7, 11) is 0. The van der Waals surface area contributed by atoms with Gasteiger partial charge in [0.1, 0.15) is 0 Å². The molecule has 1 aliphatic rings. The summed E-state index contributed by atoms with van der Waals surface area (Å²) in [5.74, 6) is -0.104. The summed E-state index contributed by atoms with van der Waals surface area (Å²) < 4.78 is 0. The molecule has 0 spiro atoms. The van der Waals surface area contributed by atoms with Crippen molar-refractivity contribution in [2.24, 2.45) is 11.7 Å². The minimum Gasteiger partial charge on any atom is -0.465 e. The molecule has 80 valence electrons. The van der Waals surface area contributed by atoms with E-state index in [1.807, 2.05) is 13.8 Å². The summed E-state index contributed by atoms with van der Waals surface area (Å²) in [4.78, 5) is 23.4. The number of amides is 1. The van der Waals surface area contributed by atoms with E-state index in [1.165, 1.54) is 0 Å². The van der Waals surface area contributed by atoms with Gasteiger partial charge in [0, 0.05) is 6.54 Å². The van der Waals surface area contributed by atoms with Gasteiger partial charge in [-0.25, -0.2) is 4.79 Å². The second kappa shape index (κ2) is 3.96. The monoisotopic (exact) mass is 200 g/mol. The summed E-state index contributed by atoms with van der Waals surface area (Å²) in [5.41, 5.74) is 5.66. The fraction of sp³-hybridized carbons (Fsp3) is 0.778. The molecule has 0 saturated carbocycles. The van der Waals surface area contributed by atoms with E-state index >= 15 is 0 Å². The standard InChI is InChI=1S/C9H16N2O3/c1-5(2)7(10)8(12)6-3-4-11(6)9(13)14/h5-7H,3-4,10H2,1-2H3,(H,13,14). The van der Waals surface area contributed by atoms with Gasteiger partial charge in [0.25, 0.3) is 0 Å². The Morgan fingerprint density at radius 3 is 2.36 bits per heavy atom. The third-order valence-corrected chi connectivity index (χ3v) is 2.64. The second-order valence-electron chi connectivity index (χ2n) is 3.95. The Balaban J connectivity index is 2.58. The minimum absolute atomic E-state index is 0.0544. The SMILES string of the molecule is CC(C)C(N)C(=O)C1CCN1C(=O)O. The van der Waals surface area contributed by atoms with E-state index in [9.17, 15) is 9.59 Å². The van der Waals surface area contributed by atoms with Crippen molar-refractivity contribution in [3.8, 4) is 0 Å². The summed E-state index contributed by atoms with van der Waals surface area (Å²) in [6.07, 6.45) is -0.434. The van der Waals surface area contributed by atoms with Crippen molar-refractivity contribution in [3.63, 3.8) is 0 Å². The first-order valence-electron chi connectivity index (χ1n) is 4.74. The van der Waals surface area contributed by atoms with Crippen LogP contribution in [0.25, 0.3) is 0 Å². The number of carbonyl (C=O) groups excluding carboxylic acids is 1. The topological polar surface area (TPSA) is 83.6 Å². The normalized spacial score (nSPS) is 23.1. The molecule has 1 fully saturated rings. The van der Waals surface area contributed by atoms with Crippen molar-refractivity contribution < 1.29 is 14.7 Å². The highest BCUT2D eigenvalue weighted by Gasteiger charge is 2.39. The zero-order valence-electron chi connectivity index (χ0n) is 8.43. The van der Waals surface area contributed by atoms with E-state index in [0.29, 0.717) is 13.0 Å². The molecule has 1 aliphatic heterocycles. The lowest BCUT2D eigenvalue weighted by atomic mass is 9.90. The number of carbonyl (C=O) groups is 2. The van der Waals surface area contributed by atoms with Crippen LogP contribution in [0.3, 0.4) is 0 Å². The molecule has 0 aromatic heterocycles. The molecule has 0 aromatic carbocycles. The van der Waals surface area contributed by atoms with Gasteiger partial charge in [0.2, 0.25) is 0 Å². The number of ketones is 1. The third-order valence-electron chi connectivity index (χ3n) is 2.64. The largest absolute Gasteiger partial charge is 0.465 e. The van der Waals surface area contributed by atoms with Crippen LogP contribution in [-0.4, -0.2) is 40.5 Å². The van der Waals surface area contributed by atoms with Crippen LogP contribution in [-0.2, 0) is 4.79 Å². The zero-order chi connectivity index (χ0) is 10.9. The fourth-order valence-electron chi connectivity index (χ4n) is 1.46. The first kappa shape index (κ1) is 11.0. The number of carboxylic acid groups (broad SMARTS) is 1. The quantitative estimate of drug-likeness (QED) is 0.686. The van der Waals surface area contributed by atoms with Crippen LogP contribution >= 0.6 is 0 Å². The van der Waals surface area contributed by atoms with Gasteiger partial charge < -0.3 is 10.8 Å². The first-order chi connectivity index (χ1) is 6.45. The third kappa shape index (κ3) is 1.87. The fourth-order valence-corrected chi connectivity index (χ4v) is 1.46. The Bertz CT molecular complexity index is 252. The lowest BCUT2D eigenvalue weighted by molar-refractivity contribution is -0.129. The Labute approximate surface area is 82.9 Å². The first-order valence-corrected chi connectivity index (χ1v) is 4.74. The van der Waals surface area contributed by atoms with Gasteiger partial charge in [-0.05, 0) is 12.3 Å². The average Bonchev–Trinajstić information content (AvgIpc) is 1.99. The lowest BCUT2D eigenvalue weighted by Gasteiger charge is -2.39.